The van der Waals surface area contributed by atoms with Crippen LogP contribution in [0.5, 0.6) is 0 Å². The molecule has 0 radical (unpaired) electrons. The highest BCUT2D eigenvalue weighted by atomic mass is 79.9. The molecular formula is C13H16Br2N2O3. The summed E-state index contributed by atoms with van der Waals surface area (Å²) in [5.74, 6) is -1.03. The summed E-state index contributed by atoms with van der Waals surface area (Å²) in [5.41, 5.74) is -0.677. The van der Waals surface area contributed by atoms with E-state index in [4.69, 9.17) is 0 Å². The minimum atomic E-state index is -1.24. The highest BCUT2D eigenvalue weighted by Gasteiger charge is 2.36. The zero-order valence-corrected chi connectivity index (χ0v) is 14.3. The maximum Gasteiger partial charge on any atom is 0.329 e. The second-order valence-electron chi connectivity index (χ2n) is 4.30. The number of carbonyl (C=O) groups is 2. The van der Waals surface area contributed by atoms with Gasteiger partial charge in [-0.05, 0) is 47.0 Å². The number of carboxylic acids is 1. The molecule has 1 aromatic carbocycles. The lowest BCUT2D eigenvalue weighted by atomic mass is 9.93. The fraction of sp³-hybridized carbons (Fsp3) is 0.385. The predicted molar refractivity (Wildman–Crippen MR) is 84.9 cm³/mol. The first-order valence-electron chi connectivity index (χ1n) is 6.12. The Morgan fingerprint density at radius 2 is 1.85 bits per heavy atom. The van der Waals surface area contributed by atoms with Gasteiger partial charge in [0.1, 0.15) is 5.54 Å². The van der Waals surface area contributed by atoms with Gasteiger partial charge in [-0.3, -0.25) is 0 Å². The van der Waals surface area contributed by atoms with Crippen molar-refractivity contribution in [1.82, 2.24) is 5.32 Å². The lowest BCUT2D eigenvalue weighted by Gasteiger charge is -2.28. The van der Waals surface area contributed by atoms with Crippen LogP contribution in [0.4, 0.5) is 10.5 Å². The number of anilines is 1. The lowest BCUT2D eigenvalue weighted by Crippen LogP contribution is -2.55. The Balaban J connectivity index is 2.83. The van der Waals surface area contributed by atoms with E-state index in [0.717, 1.165) is 4.47 Å². The van der Waals surface area contributed by atoms with Crippen molar-refractivity contribution in [3.05, 3.63) is 27.1 Å². The maximum absolute atomic E-state index is 12.0. The molecule has 0 bridgehead atoms. The molecule has 0 spiro atoms. The fourth-order valence-corrected chi connectivity index (χ4v) is 2.89. The van der Waals surface area contributed by atoms with Gasteiger partial charge in [-0.15, -0.1) is 0 Å². The van der Waals surface area contributed by atoms with Crippen LogP contribution >= 0.6 is 31.9 Å². The van der Waals surface area contributed by atoms with Crippen molar-refractivity contribution in [1.29, 1.82) is 0 Å². The van der Waals surface area contributed by atoms with Crippen molar-refractivity contribution in [2.45, 2.75) is 32.2 Å². The Morgan fingerprint density at radius 3 is 2.30 bits per heavy atom. The quantitative estimate of drug-likeness (QED) is 0.690. The third-order valence-electron chi connectivity index (χ3n) is 3.15. The van der Waals surface area contributed by atoms with E-state index >= 15 is 0 Å². The summed E-state index contributed by atoms with van der Waals surface area (Å²) in [5, 5.41) is 14.4. The van der Waals surface area contributed by atoms with Crippen LogP contribution in [0.2, 0.25) is 0 Å². The Labute approximate surface area is 134 Å². The first-order chi connectivity index (χ1) is 9.34. The minimum Gasteiger partial charge on any atom is -0.480 e. The number of nitrogens with one attached hydrogen (secondary N) is 2. The summed E-state index contributed by atoms with van der Waals surface area (Å²) in [7, 11) is 0. The Hall–Kier alpha value is -1.08. The molecule has 1 aromatic rings. The molecule has 0 aromatic heterocycles. The lowest BCUT2D eigenvalue weighted by molar-refractivity contribution is -0.144. The van der Waals surface area contributed by atoms with Crippen molar-refractivity contribution in [2.75, 3.05) is 5.32 Å². The SMILES string of the molecule is CCC(CC)(NC(=O)Nc1ccc(Br)cc1Br)C(=O)O. The van der Waals surface area contributed by atoms with Gasteiger partial charge in [0, 0.05) is 8.95 Å². The van der Waals surface area contributed by atoms with Crippen molar-refractivity contribution < 1.29 is 14.7 Å². The molecule has 3 N–H and O–H groups in total. The van der Waals surface area contributed by atoms with Gasteiger partial charge in [0.2, 0.25) is 0 Å². The zero-order valence-electron chi connectivity index (χ0n) is 11.2. The van der Waals surface area contributed by atoms with Gasteiger partial charge in [0.05, 0.1) is 5.69 Å². The van der Waals surface area contributed by atoms with Crippen LogP contribution in [0.15, 0.2) is 27.1 Å². The molecule has 0 fully saturated rings. The molecule has 7 heteroatoms. The van der Waals surface area contributed by atoms with Crippen molar-refractivity contribution >= 4 is 49.5 Å². The molecule has 0 heterocycles. The number of rotatable bonds is 5. The molecule has 0 aliphatic carbocycles. The topological polar surface area (TPSA) is 78.4 Å². The number of halogens is 2. The average Bonchev–Trinajstić information content (AvgIpc) is 2.39. The molecule has 2 amide bonds. The first-order valence-corrected chi connectivity index (χ1v) is 7.71. The summed E-state index contributed by atoms with van der Waals surface area (Å²) >= 11 is 6.65. The smallest absolute Gasteiger partial charge is 0.329 e. The van der Waals surface area contributed by atoms with Crippen LogP contribution in [-0.4, -0.2) is 22.6 Å². The molecule has 0 saturated carbocycles. The van der Waals surface area contributed by atoms with E-state index in [1.165, 1.54) is 0 Å². The number of urea groups is 1. The van der Waals surface area contributed by atoms with Crippen molar-refractivity contribution in [3.8, 4) is 0 Å². The van der Waals surface area contributed by atoms with E-state index in [1.807, 2.05) is 0 Å². The Morgan fingerprint density at radius 1 is 1.25 bits per heavy atom. The average molecular weight is 408 g/mol. The van der Waals surface area contributed by atoms with E-state index in [-0.39, 0.29) is 0 Å². The van der Waals surface area contributed by atoms with Gasteiger partial charge in [0.25, 0.3) is 0 Å². The van der Waals surface area contributed by atoms with Crippen LogP contribution in [0.25, 0.3) is 0 Å². The van der Waals surface area contributed by atoms with Crippen LogP contribution in [-0.2, 0) is 4.79 Å². The van der Waals surface area contributed by atoms with Crippen LogP contribution < -0.4 is 10.6 Å². The monoisotopic (exact) mass is 406 g/mol. The standard InChI is InChI=1S/C13H16Br2N2O3/c1-3-13(4-2,11(18)19)17-12(20)16-10-6-5-8(14)7-9(10)15/h5-7H,3-4H2,1-2H3,(H,18,19)(H2,16,17,20). The molecule has 0 atom stereocenters. The maximum atomic E-state index is 12.0. The second kappa shape index (κ2) is 7.08. The zero-order chi connectivity index (χ0) is 15.3. The third-order valence-corrected chi connectivity index (χ3v) is 4.30. The van der Waals surface area contributed by atoms with Crippen LogP contribution in [0.3, 0.4) is 0 Å². The highest BCUT2D eigenvalue weighted by Crippen LogP contribution is 2.26. The largest absolute Gasteiger partial charge is 0.480 e. The number of hydrogen-bond donors (Lipinski definition) is 3. The molecule has 1 rings (SSSR count). The molecule has 110 valence electrons. The van der Waals surface area contributed by atoms with Crippen molar-refractivity contribution in [3.63, 3.8) is 0 Å². The Kier molecular flexibility index (Phi) is 6.01. The first kappa shape index (κ1) is 17.0. The van der Waals surface area contributed by atoms with Crippen LogP contribution in [0.1, 0.15) is 26.7 Å². The molecule has 5 nitrogen and oxygen atoms in total. The molecule has 0 aliphatic heterocycles. The molecule has 0 saturated heterocycles. The van der Waals surface area contributed by atoms with E-state index in [9.17, 15) is 14.7 Å². The molecule has 0 aliphatic rings. The summed E-state index contributed by atoms with van der Waals surface area (Å²) in [6, 6.07) is 4.75. The number of amides is 2. The van der Waals surface area contributed by atoms with E-state index < -0.39 is 17.5 Å². The van der Waals surface area contributed by atoms with Gasteiger partial charge in [-0.1, -0.05) is 29.8 Å². The van der Waals surface area contributed by atoms with Gasteiger partial charge in [-0.2, -0.15) is 0 Å². The van der Waals surface area contributed by atoms with Gasteiger partial charge < -0.3 is 15.7 Å². The number of carboxylic acid groups (broad SMARTS) is 1. The van der Waals surface area contributed by atoms with Gasteiger partial charge in [0.15, 0.2) is 0 Å². The van der Waals surface area contributed by atoms with Crippen molar-refractivity contribution in [2.24, 2.45) is 0 Å². The van der Waals surface area contributed by atoms with E-state index in [1.54, 1.807) is 32.0 Å². The number of carbonyl (C=O) groups excluding carboxylic acids is 1. The number of hydrogen-bond acceptors (Lipinski definition) is 2. The van der Waals surface area contributed by atoms with Crippen LogP contribution in [0, 0.1) is 0 Å². The molecular weight excluding hydrogens is 392 g/mol. The minimum absolute atomic E-state index is 0.313. The molecule has 0 unspecified atom stereocenters. The summed E-state index contributed by atoms with van der Waals surface area (Å²) in [6.45, 7) is 3.46. The van der Waals surface area contributed by atoms with E-state index in [2.05, 4.69) is 42.5 Å². The second-order valence-corrected chi connectivity index (χ2v) is 6.07. The predicted octanol–water partition coefficient (Wildman–Crippen LogP) is 3.98. The van der Waals surface area contributed by atoms with Gasteiger partial charge in [-0.25, -0.2) is 9.59 Å². The highest BCUT2D eigenvalue weighted by molar-refractivity contribution is 9.11. The molecule has 20 heavy (non-hydrogen) atoms. The number of aliphatic carboxylic acids is 1. The number of benzene rings is 1. The third kappa shape index (κ3) is 3.96. The Bertz CT molecular complexity index is 516. The fourth-order valence-electron chi connectivity index (χ4n) is 1.74. The summed E-state index contributed by atoms with van der Waals surface area (Å²) in [4.78, 5) is 23.3. The normalized spacial score (nSPS) is 11.0. The summed E-state index contributed by atoms with van der Waals surface area (Å²) < 4.78 is 1.58. The van der Waals surface area contributed by atoms with Gasteiger partial charge >= 0.3 is 12.0 Å². The van der Waals surface area contributed by atoms with E-state index in [0.29, 0.717) is 23.0 Å². The summed E-state index contributed by atoms with van der Waals surface area (Å²) in [6.07, 6.45) is 0.627.